The maximum atomic E-state index is 10.7. The van der Waals surface area contributed by atoms with Gasteiger partial charge in [-0.1, -0.05) is 0 Å². The first-order chi connectivity index (χ1) is 4.72. The third kappa shape index (κ3) is 1.55. The Kier molecular flexibility index (Phi) is 2.40. The fourth-order valence-corrected chi connectivity index (χ4v) is 1.57. The molecule has 0 fully saturated rings. The average molecular weight is 176 g/mol. The summed E-state index contributed by atoms with van der Waals surface area (Å²) in [5.74, 6) is 0. The molecule has 0 aliphatic rings. The van der Waals surface area contributed by atoms with Crippen LogP contribution in [0.3, 0.4) is 0 Å². The fraction of sp³-hybridized carbons (Fsp3) is 0.167. The minimum absolute atomic E-state index is 0.587. The zero-order chi connectivity index (χ0) is 7.56. The molecule has 0 saturated carbocycles. The molecule has 1 unspecified atom stereocenters. The van der Waals surface area contributed by atoms with Crippen LogP contribution >= 0.6 is 10.7 Å². The molecule has 0 saturated heterocycles. The molecular formula is C6H6ClNOS. The highest BCUT2D eigenvalue weighted by atomic mass is 35.7. The van der Waals surface area contributed by atoms with Crippen molar-refractivity contribution >= 4 is 20.7 Å². The summed E-state index contributed by atoms with van der Waals surface area (Å²) in [7, 11) is 3.91. The third-order valence-electron chi connectivity index (χ3n) is 1.16. The maximum Gasteiger partial charge on any atom is 0.149 e. The highest BCUT2D eigenvalue weighted by molar-refractivity contribution is 8.08. The van der Waals surface area contributed by atoms with Crippen molar-refractivity contribution in [2.24, 2.45) is 0 Å². The number of nitrogens with zero attached hydrogens (tertiary/aromatic N) is 1. The van der Waals surface area contributed by atoms with Gasteiger partial charge in [-0.3, -0.25) is 4.98 Å². The Labute approximate surface area is 66.2 Å². The van der Waals surface area contributed by atoms with Gasteiger partial charge >= 0.3 is 0 Å². The number of rotatable bonds is 1. The van der Waals surface area contributed by atoms with E-state index in [1.807, 2.05) is 6.92 Å². The number of hydrogen-bond acceptors (Lipinski definition) is 2. The van der Waals surface area contributed by atoms with Crippen LogP contribution in [0.1, 0.15) is 5.56 Å². The molecule has 1 aromatic heterocycles. The lowest BCUT2D eigenvalue weighted by molar-refractivity contribution is 0.690. The van der Waals surface area contributed by atoms with Crippen LogP contribution in [0.25, 0.3) is 0 Å². The molecule has 2 nitrogen and oxygen atoms in total. The third-order valence-corrected chi connectivity index (χ3v) is 2.44. The normalized spacial score (nSPS) is 13.0. The van der Waals surface area contributed by atoms with E-state index in [2.05, 4.69) is 4.98 Å². The van der Waals surface area contributed by atoms with E-state index in [9.17, 15) is 4.21 Å². The summed E-state index contributed by atoms with van der Waals surface area (Å²) < 4.78 is 10.7. The summed E-state index contributed by atoms with van der Waals surface area (Å²) in [4.78, 5) is 4.38. The second-order valence-electron chi connectivity index (χ2n) is 1.86. The molecule has 0 amide bonds. The monoisotopic (exact) mass is 175 g/mol. The molecule has 0 aliphatic heterocycles. The molecule has 4 heteroatoms. The Morgan fingerprint density at radius 1 is 1.70 bits per heavy atom. The van der Waals surface area contributed by atoms with Crippen LogP contribution in [0, 0.1) is 6.92 Å². The molecule has 1 heterocycles. The summed E-state index contributed by atoms with van der Waals surface area (Å²) >= 11 is 0. The van der Waals surface area contributed by atoms with Crippen molar-refractivity contribution in [3.05, 3.63) is 24.0 Å². The maximum absolute atomic E-state index is 10.7. The van der Waals surface area contributed by atoms with E-state index in [0.717, 1.165) is 5.56 Å². The van der Waals surface area contributed by atoms with Crippen LogP contribution in [0.5, 0.6) is 0 Å². The molecule has 0 N–H and O–H groups in total. The number of halogens is 1. The van der Waals surface area contributed by atoms with E-state index in [0.29, 0.717) is 4.90 Å². The van der Waals surface area contributed by atoms with Gasteiger partial charge in [-0.25, -0.2) is 4.21 Å². The van der Waals surface area contributed by atoms with E-state index < -0.39 is 10.0 Å². The van der Waals surface area contributed by atoms with Gasteiger partial charge in [0, 0.05) is 12.4 Å². The van der Waals surface area contributed by atoms with Gasteiger partial charge in [-0.15, -0.1) is 0 Å². The molecule has 10 heavy (non-hydrogen) atoms. The summed E-state index contributed by atoms with van der Waals surface area (Å²) in [5.41, 5.74) is 0.906. The van der Waals surface area contributed by atoms with Gasteiger partial charge in [0.2, 0.25) is 0 Å². The van der Waals surface area contributed by atoms with Gasteiger partial charge in [0.25, 0.3) is 0 Å². The highest BCUT2D eigenvalue weighted by Gasteiger charge is 2.01. The second kappa shape index (κ2) is 3.12. The predicted molar refractivity (Wildman–Crippen MR) is 41.2 cm³/mol. The molecule has 54 valence electrons. The van der Waals surface area contributed by atoms with Crippen LogP contribution in [-0.2, 0) is 10.0 Å². The van der Waals surface area contributed by atoms with E-state index in [4.69, 9.17) is 10.7 Å². The zero-order valence-electron chi connectivity index (χ0n) is 5.37. The molecular weight excluding hydrogens is 170 g/mol. The molecule has 0 spiro atoms. The lowest BCUT2D eigenvalue weighted by atomic mass is 10.3. The van der Waals surface area contributed by atoms with Gasteiger partial charge in [-0.2, -0.15) is 0 Å². The Balaban J connectivity index is 3.15. The first-order valence-electron chi connectivity index (χ1n) is 2.70. The number of aryl methyl sites for hydroxylation is 1. The Hall–Kier alpha value is -0.410. The largest absolute Gasteiger partial charge is 0.263 e. The highest BCUT2D eigenvalue weighted by Crippen LogP contribution is 2.12. The molecule has 1 aromatic rings. The minimum atomic E-state index is -1.43. The number of aromatic nitrogens is 1. The zero-order valence-corrected chi connectivity index (χ0v) is 6.95. The minimum Gasteiger partial charge on any atom is -0.263 e. The van der Waals surface area contributed by atoms with Crippen molar-refractivity contribution in [2.45, 2.75) is 11.8 Å². The van der Waals surface area contributed by atoms with E-state index >= 15 is 0 Å². The first kappa shape index (κ1) is 7.69. The summed E-state index contributed by atoms with van der Waals surface area (Å²) in [5, 5.41) is 0. The van der Waals surface area contributed by atoms with Crippen LogP contribution in [0.4, 0.5) is 0 Å². The fourth-order valence-electron chi connectivity index (χ4n) is 0.618. The van der Waals surface area contributed by atoms with Crippen LogP contribution in [-0.4, -0.2) is 9.19 Å². The van der Waals surface area contributed by atoms with Crippen molar-refractivity contribution in [3.8, 4) is 0 Å². The summed E-state index contributed by atoms with van der Waals surface area (Å²) in [6.07, 6.45) is 3.15. The molecule has 1 rings (SSSR count). The van der Waals surface area contributed by atoms with Gasteiger partial charge in [-0.05, 0) is 29.2 Å². The SMILES string of the molecule is Cc1ccncc1S(=O)Cl. The van der Waals surface area contributed by atoms with Crippen LogP contribution in [0.15, 0.2) is 23.4 Å². The van der Waals surface area contributed by atoms with Gasteiger partial charge in [0.1, 0.15) is 10.0 Å². The van der Waals surface area contributed by atoms with Crippen molar-refractivity contribution in [1.29, 1.82) is 0 Å². The quantitative estimate of drug-likeness (QED) is 0.608. The molecule has 0 aliphatic carbocycles. The van der Waals surface area contributed by atoms with E-state index in [1.165, 1.54) is 6.20 Å². The Morgan fingerprint density at radius 3 is 2.80 bits per heavy atom. The smallest absolute Gasteiger partial charge is 0.149 e. The average Bonchev–Trinajstić information content (AvgIpc) is 1.88. The van der Waals surface area contributed by atoms with Crippen molar-refractivity contribution < 1.29 is 4.21 Å². The summed E-state index contributed by atoms with van der Waals surface area (Å²) in [6.45, 7) is 1.84. The Morgan fingerprint density at radius 2 is 2.40 bits per heavy atom. The van der Waals surface area contributed by atoms with Crippen LogP contribution in [0.2, 0.25) is 0 Å². The van der Waals surface area contributed by atoms with E-state index in [-0.39, 0.29) is 0 Å². The van der Waals surface area contributed by atoms with Gasteiger partial charge in [0.05, 0.1) is 4.90 Å². The molecule has 0 radical (unpaired) electrons. The molecule has 0 bridgehead atoms. The Bertz CT molecular complexity index is 264. The lowest BCUT2D eigenvalue weighted by Crippen LogP contribution is -1.87. The first-order valence-corrected chi connectivity index (χ1v) is 4.68. The standard InChI is InChI=1S/C6H6ClNOS/c1-5-2-3-8-4-6(5)10(7)9/h2-4H,1H3. The number of pyridine rings is 1. The van der Waals surface area contributed by atoms with Crippen molar-refractivity contribution in [3.63, 3.8) is 0 Å². The van der Waals surface area contributed by atoms with Crippen molar-refractivity contribution in [1.82, 2.24) is 4.98 Å². The van der Waals surface area contributed by atoms with Gasteiger partial charge in [0.15, 0.2) is 0 Å². The molecule has 1 atom stereocenters. The lowest BCUT2D eigenvalue weighted by Gasteiger charge is -1.95. The predicted octanol–water partition coefficient (Wildman–Crippen LogP) is 1.65. The van der Waals surface area contributed by atoms with Crippen LogP contribution < -0.4 is 0 Å². The number of hydrogen-bond donors (Lipinski definition) is 0. The summed E-state index contributed by atoms with van der Waals surface area (Å²) in [6, 6.07) is 1.77. The van der Waals surface area contributed by atoms with Gasteiger partial charge < -0.3 is 0 Å². The topological polar surface area (TPSA) is 30.0 Å². The van der Waals surface area contributed by atoms with Crippen molar-refractivity contribution in [2.75, 3.05) is 0 Å². The molecule has 0 aromatic carbocycles. The van der Waals surface area contributed by atoms with E-state index in [1.54, 1.807) is 12.3 Å². The second-order valence-corrected chi connectivity index (χ2v) is 3.59.